The summed E-state index contributed by atoms with van der Waals surface area (Å²) < 4.78 is 0. The van der Waals surface area contributed by atoms with Crippen molar-refractivity contribution in [1.82, 2.24) is 20.7 Å². The van der Waals surface area contributed by atoms with Crippen LogP contribution in [0.15, 0.2) is 6.20 Å². The first-order chi connectivity index (χ1) is 5.74. The summed E-state index contributed by atoms with van der Waals surface area (Å²) in [6.07, 6.45) is 2.31. The van der Waals surface area contributed by atoms with E-state index in [2.05, 4.69) is 20.7 Å². The van der Waals surface area contributed by atoms with Crippen molar-refractivity contribution >= 4 is 5.91 Å². The van der Waals surface area contributed by atoms with Gasteiger partial charge >= 0.3 is 0 Å². The fourth-order valence-electron chi connectivity index (χ4n) is 0.711. The molecule has 0 aliphatic carbocycles. The van der Waals surface area contributed by atoms with Crippen molar-refractivity contribution in [3.05, 3.63) is 11.9 Å². The van der Waals surface area contributed by atoms with Gasteiger partial charge in [-0.05, 0) is 13.3 Å². The molecule has 2 N–H and O–H groups in total. The van der Waals surface area contributed by atoms with Gasteiger partial charge in [-0.15, -0.1) is 0 Å². The molecule has 12 heavy (non-hydrogen) atoms. The van der Waals surface area contributed by atoms with E-state index in [1.54, 1.807) is 0 Å². The van der Waals surface area contributed by atoms with Crippen molar-refractivity contribution in [2.45, 2.75) is 26.3 Å². The second-order valence-corrected chi connectivity index (χ2v) is 2.64. The second-order valence-electron chi connectivity index (χ2n) is 2.64. The summed E-state index contributed by atoms with van der Waals surface area (Å²) in [7, 11) is 0. The number of H-pyrrole nitrogens is 1. The van der Waals surface area contributed by atoms with E-state index in [1.807, 2.05) is 13.8 Å². The van der Waals surface area contributed by atoms with E-state index in [0.29, 0.717) is 5.69 Å². The van der Waals surface area contributed by atoms with E-state index in [1.165, 1.54) is 6.20 Å². The predicted octanol–water partition coefficient (Wildman–Crippen LogP) is 0.333. The second kappa shape index (κ2) is 3.85. The molecular weight excluding hydrogens is 156 g/mol. The van der Waals surface area contributed by atoms with Gasteiger partial charge in [0.05, 0.1) is 6.20 Å². The van der Waals surface area contributed by atoms with E-state index in [-0.39, 0.29) is 11.9 Å². The highest BCUT2D eigenvalue weighted by Gasteiger charge is 2.09. The Morgan fingerprint density at radius 3 is 3.08 bits per heavy atom. The molecule has 0 saturated carbocycles. The number of carbonyl (C=O) groups is 1. The molecule has 5 nitrogen and oxygen atoms in total. The van der Waals surface area contributed by atoms with Crippen molar-refractivity contribution in [2.75, 3.05) is 0 Å². The Morgan fingerprint density at radius 2 is 2.58 bits per heavy atom. The van der Waals surface area contributed by atoms with Gasteiger partial charge in [0.1, 0.15) is 0 Å². The first kappa shape index (κ1) is 8.70. The molecule has 0 aromatic carbocycles. The van der Waals surface area contributed by atoms with Crippen LogP contribution in [0.1, 0.15) is 30.8 Å². The lowest BCUT2D eigenvalue weighted by atomic mass is 10.2. The molecule has 0 fully saturated rings. The first-order valence-corrected chi connectivity index (χ1v) is 3.90. The molecule has 0 radical (unpaired) electrons. The molecule has 0 saturated heterocycles. The number of amides is 1. The monoisotopic (exact) mass is 168 g/mol. The number of rotatable bonds is 3. The predicted molar refractivity (Wildman–Crippen MR) is 43.6 cm³/mol. The molecule has 1 aromatic rings. The smallest absolute Gasteiger partial charge is 0.273 e. The molecule has 66 valence electrons. The van der Waals surface area contributed by atoms with Gasteiger partial charge in [-0.2, -0.15) is 15.4 Å². The Labute approximate surface area is 70.6 Å². The van der Waals surface area contributed by atoms with Crippen molar-refractivity contribution in [3.8, 4) is 0 Å². The zero-order chi connectivity index (χ0) is 8.97. The van der Waals surface area contributed by atoms with E-state index in [4.69, 9.17) is 0 Å². The Bertz CT molecular complexity index is 244. The van der Waals surface area contributed by atoms with Crippen molar-refractivity contribution < 1.29 is 4.79 Å². The van der Waals surface area contributed by atoms with E-state index >= 15 is 0 Å². The minimum Gasteiger partial charge on any atom is -0.348 e. The molecule has 0 aliphatic rings. The molecule has 1 atom stereocenters. The van der Waals surface area contributed by atoms with Crippen molar-refractivity contribution in [3.63, 3.8) is 0 Å². The van der Waals surface area contributed by atoms with Crippen LogP contribution in [0.3, 0.4) is 0 Å². The maximum Gasteiger partial charge on any atom is 0.273 e. The van der Waals surface area contributed by atoms with Gasteiger partial charge in [0.2, 0.25) is 0 Å². The number of hydrogen-bond donors (Lipinski definition) is 2. The Morgan fingerprint density at radius 1 is 1.83 bits per heavy atom. The number of nitrogens with zero attached hydrogens (tertiary/aromatic N) is 2. The third kappa shape index (κ3) is 2.05. The Hall–Kier alpha value is -1.39. The van der Waals surface area contributed by atoms with Gasteiger partial charge < -0.3 is 5.32 Å². The van der Waals surface area contributed by atoms with Crippen LogP contribution in [0.2, 0.25) is 0 Å². The average molecular weight is 168 g/mol. The highest BCUT2D eigenvalue weighted by molar-refractivity contribution is 5.91. The van der Waals surface area contributed by atoms with Crippen molar-refractivity contribution in [2.24, 2.45) is 0 Å². The van der Waals surface area contributed by atoms with Crippen LogP contribution in [-0.4, -0.2) is 27.4 Å². The quantitative estimate of drug-likeness (QED) is 0.683. The summed E-state index contributed by atoms with van der Waals surface area (Å²) in [5.41, 5.74) is 0.329. The number of nitrogens with one attached hydrogen (secondary N) is 2. The zero-order valence-corrected chi connectivity index (χ0v) is 7.16. The highest BCUT2D eigenvalue weighted by atomic mass is 16.2. The zero-order valence-electron chi connectivity index (χ0n) is 7.16. The molecule has 1 unspecified atom stereocenters. The maximum absolute atomic E-state index is 11.2. The summed E-state index contributed by atoms with van der Waals surface area (Å²) in [5, 5.41) is 12.3. The van der Waals surface area contributed by atoms with Crippen LogP contribution in [-0.2, 0) is 0 Å². The standard InChI is InChI=1S/C7H12N4O/c1-3-5(2)9-7(12)6-4-8-11-10-6/h4-5H,3H2,1-2H3,(H,9,12)(H,8,10,11). The summed E-state index contributed by atoms with van der Waals surface area (Å²) >= 11 is 0. The lowest BCUT2D eigenvalue weighted by Crippen LogP contribution is -2.32. The number of carbonyl (C=O) groups excluding carboxylic acids is 1. The maximum atomic E-state index is 11.2. The summed E-state index contributed by atoms with van der Waals surface area (Å²) in [4.78, 5) is 11.2. The lowest BCUT2D eigenvalue weighted by molar-refractivity contribution is 0.0934. The van der Waals surface area contributed by atoms with E-state index < -0.39 is 0 Å². The topological polar surface area (TPSA) is 70.7 Å². The molecular formula is C7H12N4O. The Balaban J connectivity index is 2.50. The normalized spacial score (nSPS) is 12.5. The molecule has 1 amide bonds. The van der Waals surface area contributed by atoms with E-state index in [9.17, 15) is 4.79 Å². The molecule has 5 heteroatoms. The third-order valence-electron chi connectivity index (χ3n) is 1.64. The molecule has 0 bridgehead atoms. The highest BCUT2D eigenvalue weighted by Crippen LogP contribution is 1.92. The molecule has 1 aromatic heterocycles. The van der Waals surface area contributed by atoms with Crippen LogP contribution in [0.25, 0.3) is 0 Å². The molecule has 1 rings (SSSR count). The molecule has 1 heterocycles. The first-order valence-electron chi connectivity index (χ1n) is 3.90. The van der Waals surface area contributed by atoms with Crippen LogP contribution < -0.4 is 5.32 Å². The summed E-state index contributed by atoms with van der Waals surface area (Å²) in [5.74, 6) is -0.182. The Kier molecular flexibility index (Phi) is 2.79. The van der Waals surface area contributed by atoms with Gasteiger partial charge in [0, 0.05) is 6.04 Å². The fourth-order valence-corrected chi connectivity index (χ4v) is 0.711. The summed E-state index contributed by atoms with van der Waals surface area (Å²) in [6, 6.07) is 0.175. The van der Waals surface area contributed by atoms with Gasteiger partial charge in [-0.3, -0.25) is 4.79 Å². The largest absolute Gasteiger partial charge is 0.348 e. The van der Waals surface area contributed by atoms with Gasteiger partial charge in [-0.1, -0.05) is 6.92 Å². The lowest BCUT2D eigenvalue weighted by Gasteiger charge is -2.08. The minimum absolute atomic E-state index is 0.175. The van der Waals surface area contributed by atoms with Gasteiger partial charge in [0.15, 0.2) is 5.69 Å². The molecule has 0 spiro atoms. The van der Waals surface area contributed by atoms with Gasteiger partial charge in [0.25, 0.3) is 5.91 Å². The third-order valence-corrected chi connectivity index (χ3v) is 1.64. The number of aromatic amines is 1. The van der Waals surface area contributed by atoms with Crippen LogP contribution >= 0.6 is 0 Å². The average Bonchev–Trinajstić information content (AvgIpc) is 2.56. The van der Waals surface area contributed by atoms with Crippen LogP contribution in [0.5, 0.6) is 0 Å². The fraction of sp³-hybridized carbons (Fsp3) is 0.571. The summed E-state index contributed by atoms with van der Waals surface area (Å²) in [6.45, 7) is 3.95. The SMILES string of the molecule is CCC(C)NC(=O)c1cn[nH]n1. The van der Waals surface area contributed by atoms with Gasteiger partial charge in [-0.25, -0.2) is 0 Å². The van der Waals surface area contributed by atoms with Crippen molar-refractivity contribution in [1.29, 1.82) is 0 Å². The number of hydrogen-bond acceptors (Lipinski definition) is 3. The minimum atomic E-state index is -0.182. The number of aromatic nitrogens is 3. The van der Waals surface area contributed by atoms with Crippen LogP contribution in [0, 0.1) is 0 Å². The van der Waals surface area contributed by atoms with Crippen LogP contribution in [0.4, 0.5) is 0 Å². The molecule has 0 aliphatic heterocycles. The van der Waals surface area contributed by atoms with E-state index in [0.717, 1.165) is 6.42 Å².